The third kappa shape index (κ3) is 2.28. The molecule has 1 aliphatic rings. The minimum Gasteiger partial charge on any atom is -0.456 e. The zero-order valence-electron chi connectivity index (χ0n) is 9.36. The van der Waals surface area contributed by atoms with Crippen molar-refractivity contribution >= 4 is 0 Å². The van der Waals surface area contributed by atoms with Gasteiger partial charge in [0.15, 0.2) is 0 Å². The van der Waals surface area contributed by atoms with Crippen LogP contribution in [0, 0.1) is 0 Å². The van der Waals surface area contributed by atoms with Gasteiger partial charge >= 0.3 is 6.01 Å². The molecule has 5 nitrogen and oxygen atoms in total. The highest BCUT2D eigenvalue weighted by atomic mass is 16.5. The van der Waals surface area contributed by atoms with Crippen molar-refractivity contribution in [3.05, 3.63) is 6.33 Å². The van der Waals surface area contributed by atoms with Crippen molar-refractivity contribution in [3.63, 3.8) is 0 Å². The number of hydrogen-bond acceptors (Lipinski definition) is 4. The van der Waals surface area contributed by atoms with Crippen LogP contribution >= 0.6 is 0 Å². The average molecular weight is 210 g/mol. The van der Waals surface area contributed by atoms with Gasteiger partial charge in [0, 0.05) is 7.05 Å². The smallest absolute Gasteiger partial charge is 0.335 e. The summed E-state index contributed by atoms with van der Waals surface area (Å²) in [7, 11) is 3.81. The zero-order valence-corrected chi connectivity index (χ0v) is 9.36. The molecule has 15 heavy (non-hydrogen) atoms. The van der Waals surface area contributed by atoms with E-state index in [0.29, 0.717) is 6.01 Å². The molecule has 0 aliphatic heterocycles. The fourth-order valence-electron chi connectivity index (χ4n) is 1.89. The van der Waals surface area contributed by atoms with Crippen LogP contribution in [0.4, 0.5) is 0 Å². The molecule has 1 aromatic heterocycles. The van der Waals surface area contributed by atoms with Crippen molar-refractivity contribution in [2.45, 2.75) is 31.3 Å². The number of aryl methyl sites for hydroxylation is 1. The molecule has 5 heteroatoms. The third-order valence-corrected chi connectivity index (χ3v) is 2.98. The van der Waals surface area contributed by atoms with E-state index in [-0.39, 0.29) is 5.60 Å². The molecule has 2 rings (SSSR count). The maximum absolute atomic E-state index is 5.88. The van der Waals surface area contributed by atoms with Crippen LogP contribution < -0.4 is 10.1 Å². The largest absolute Gasteiger partial charge is 0.456 e. The van der Waals surface area contributed by atoms with Gasteiger partial charge in [0.1, 0.15) is 11.9 Å². The van der Waals surface area contributed by atoms with Crippen LogP contribution in [0.5, 0.6) is 6.01 Å². The second-order valence-electron chi connectivity index (χ2n) is 4.19. The van der Waals surface area contributed by atoms with E-state index in [1.807, 2.05) is 14.1 Å². The second-order valence-corrected chi connectivity index (χ2v) is 4.19. The maximum Gasteiger partial charge on any atom is 0.335 e. The Labute approximate surface area is 89.8 Å². The fraction of sp³-hybridized carbons (Fsp3) is 0.800. The average Bonchev–Trinajstić information content (AvgIpc) is 2.56. The molecule has 84 valence electrons. The van der Waals surface area contributed by atoms with Crippen molar-refractivity contribution in [3.8, 4) is 6.01 Å². The van der Waals surface area contributed by atoms with Crippen molar-refractivity contribution < 1.29 is 4.74 Å². The highest BCUT2D eigenvalue weighted by Crippen LogP contribution is 2.38. The van der Waals surface area contributed by atoms with E-state index in [4.69, 9.17) is 4.74 Å². The standard InChI is InChI=1S/C10H18N4O/c1-11-7-6-10(4-3-5-10)15-9-12-8-14(2)13-9/h8,11H,3-7H2,1-2H3. The Morgan fingerprint density at radius 2 is 2.40 bits per heavy atom. The molecule has 0 unspecified atom stereocenters. The van der Waals surface area contributed by atoms with Gasteiger partial charge in [-0.25, -0.2) is 0 Å². The van der Waals surface area contributed by atoms with Crippen molar-refractivity contribution in [1.29, 1.82) is 0 Å². The van der Waals surface area contributed by atoms with Crippen molar-refractivity contribution in [2.75, 3.05) is 13.6 Å². The first-order valence-corrected chi connectivity index (χ1v) is 5.43. The molecule has 1 N–H and O–H groups in total. The molecule has 1 aromatic rings. The van der Waals surface area contributed by atoms with Gasteiger partial charge in [-0.15, -0.1) is 5.10 Å². The molecule has 0 saturated heterocycles. The van der Waals surface area contributed by atoms with Gasteiger partial charge in [0.2, 0.25) is 0 Å². The summed E-state index contributed by atoms with van der Waals surface area (Å²) in [5, 5.41) is 7.31. The number of hydrogen-bond donors (Lipinski definition) is 1. The Morgan fingerprint density at radius 1 is 1.60 bits per heavy atom. The highest BCUT2D eigenvalue weighted by molar-refractivity contribution is 4.99. The van der Waals surface area contributed by atoms with Gasteiger partial charge in [-0.3, -0.25) is 4.68 Å². The predicted octanol–water partition coefficient (Wildman–Crippen LogP) is 0.726. The first kappa shape index (κ1) is 10.4. The van der Waals surface area contributed by atoms with Crippen LogP contribution in [0.2, 0.25) is 0 Å². The first-order valence-electron chi connectivity index (χ1n) is 5.43. The Kier molecular flexibility index (Phi) is 2.90. The third-order valence-electron chi connectivity index (χ3n) is 2.98. The molecule has 1 aliphatic carbocycles. The molecule has 0 spiro atoms. The molecule has 0 radical (unpaired) electrons. The first-order chi connectivity index (χ1) is 7.24. The Hall–Kier alpha value is -1.10. The number of ether oxygens (including phenoxy) is 1. The summed E-state index contributed by atoms with van der Waals surface area (Å²) in [5.74, 6) is 0. The summed E-state index contributed by atoms with van der Waals surface area (Å²) in [6, 6.07) is 0.508. The maximum atomic E-state index is 5.88. The molecule has 0 amide bonds. The Balaban J connectivity index is 1.95. The van der Waals surface area contributed by atoms with E-state index in [9.17, 15) is 0 Å². The number of nitrogens with zero attached hydrogens (tertiary/aromatic N) is 3. The van der Waals surface area contributed by atoms with E-state index in [0.717, 1.165) is 25.8 Å². The Morgan fingerprint density at radius 3 is 2.87 bits per heavy atom. The van der Waals surface area contributed by atoms with E-state index in [1.165, 1.54) is 6.42 Å². The van der Waals surface area contributed by atoms with E-state index in [2.05, 4.69) is 15.4 Å². The van der Waals surface area contributed by atoms with Crippen LogP contribution in [0.25, 0.3) is 0 Å². The summed E-state index contributed by atoms with van der Waals surface area (Å²) in [6.07, 6.45) is 6.18. The molecular weight excluding hydrogens is 192 g/mol. The quantitative estimate of drug-likeness (QED) is 0.778. The molecule has 0 atom stereocenters. The monoisotopic (exact) mass is 210 g/mol. The van der Waals surface area contributed by atoms with Crippen molar-refractivity contribution in [2.24, 2.45) is 7.05 Å². The molecule has 0 bridgehead atoms. The van der Waals surface area contributed by atoms with E-state index >= 15 is 0 Å². The van der Waals surface area contributed by atoms with Gasteiger partial charge < -0.3 is 10.1 Å². The highest BCUT2D eigenvalue weighted by Gasteiger charge is 2.39. The second kappa shape index (κ2) is 4.18. The predicted molar refractivity (Wildman–Crippen MR) is 56.8 cm³/mol. The Bertz CT molecular complexity index is 319. The SMILES string of the molecule is CNCCC1(Oc2ncn(C)n2)CCC1. The summed E-state index contributed by atoms with van der Waals surface area (Å²) >= 11 is 0. The lowest BCUT2D eigenvalue weighted by molar-refractivity contribution is -0.0214. The molecule has 1 fully saturated rings. The van der Waals surface area contributed by atoms with Crippen molar-refractivity contribution in [1.82, 2.24) is 20.1 Å². The lowest BCUT2D eigenvalue weighted by Crippen LogP contribution is -2.45. The fourth-order valence-corrected chi connectivity index (χ4v) is 1.89. The van der Waals surface area contributed by atoms with Gasteiger partial charge in [0.25, 0.3) is 0 Å². The van der Waals surface area contributed by atoms with Crippen LogP contribution in [0.3, 0.4) is 0 Å². The molecular formula is C10H18N4O. The number of aromatic nitrogens is 3. The minimum atomic E-state index is -0.00956. The van der Waals surface area contributed by atoms with Gasteiger partial charge in [-0.1, -0.05) is 0 Å². The van der Waals surface area contributed by atoms with Crippen LogP contribution in [-0.4, -0.2) is 34.0 Å². The van der Waals surface area contributed by atoms with Gasteiger partial charge in [-0.05, 0) is 39.3 Å². The number of rotatable bonds is 5. The number of nitrogens with one attached hydrogen (secondary N) is 1. The van der Waals surface area contributed by atoms with E-state index in [1.54, 1.807) is 11.0 Å². The lowest BCUT2D eigenvalue weighted by atomic mass is 9.77. The van der Waals surface area contributed by atoms with Crippen LogP contribution in [-0.2, 0) is 7.05 Å². The summed E-state index contributed by atoms with van der Waals surface area (Å²) in [4.78, 5) is 4.10. The lowest BCUT2D eigenvalue weighted by Gasteiger charge is -2.40. The molecule has 1 saturated carbocycles. The zero-order chi connectivity index (χ0) is 10.7. The molecule has 0 aromatic carbocycles. The van der Waals surface area contributed by atoms with Crippen LogP contribution in [0.1, 0.15) is 25.7 Å². The summed E-state index contributed by atoms with van der Waals surface area (Å²) in [6.45, 7) is 0.979. The molecule has 1 heterocycles. The van der Waals surface area contributed by atoms with E-state index < -0.39 is 0 Å². The summed E-state index contributed by atoms with van der Waals surface area (Å²) in [5.41, 5.74) is -0.00956. The minimum absolute atomic E-state index is 0.00956. The topological polar surface area (TPSA) is 52.0 Å². The summed E-state index contributed by atoms with van der Waals surface area (Å²) < 4.78 is 7.54. The van der Waals surface area contributed by atoms with Gasteiger partial charge in [0.05, 0.1) is 0 Å². The normalized spacial score (nSPS) is 18.5. The van der Waals surface area contributed by atoms with Gasteiger partial charge in [-0.2, -0.15) is 4.98 Å². The van der Waals surface area contributed by atoms with Crippen LogP contribution in [0.15, 0.2) is 6.33 Å².